The van der Waals surface area contributed by atoms with E-state index < -0.39 is 17.5 Å². The molecule has 0 unspecified atom stereocenters. The summed E-state index contributed by atoms with van der Waals surface area (Å²) in [5, 5.41) is 5.45. The van der Waals surface area contributed by atoms with Crippen LogP contribution in [0.4, 0.5) is 36.3 Å². The normalized spacial score (nSPS) is 10.5. The van der Waals surface area contributed by atoms with Gasteiger partial charge in [0.25, 0.3) is 0 Å². The van der Waals surface area contributed by atoms with E-state index in [0.29, 0.717) is 17.2 Å². The first-order chi connectivity index (χ1) is 11.5. The zero-order chi connectivity index (χ0) is 17.1. The second-order valence-corrected chi connectivity index (χ2v) is 5.08. The van der Waals surface area contributed by atoms with Gasteiger partial charge < -0.3 is 10.6 Å². The van der Waals surface area contributed by atoms with Gasteiger partial charge in [-0.25, -0.2) is 18.2 Å². The predicted octanol–water partition coefficient (Wildman–Crippen LogP) is 4.69. The highest BCUT2D eigenvalue weighted by Crippen LogP contribution is 2.23. The van der Waals surface area contributed by atoms with Gasteiger partial charge in [0.05, 0.1) is 0 Å². The van der Waals surface area contributed by atoms with E-state index in [1.165, 1.54) is 18.2 Å². The lowest BCUT2D eigenvalue weighted by Gasteiger charge is -2.11. The van der Waals surface area contributed by atoms with Crippen LogP contribution >= 0.6 is 0 Å². The van der Waals surface area contributed by atoms with E-state index >= 15 is 0 Å². The molecule has 0 aliphatic rings. The van der Waals surface area contributed by atoms with E-state index in [4.69, 9.17) is 0 Å². The van der Waals surface area contributed by atoms with Gasteiger partial charge in [-0.3, -0.25) is 0 Å². The molecule has 0 saturated heterocycles. The molecule has 0 radical (unpaired) electrons. The van der Waals surface area contributed by atoms with E-state index in [1.807, 2.05) is 0 Å². The first-order valence-corrected chi connectivity index (χ1v) is 7.10. The third-order valence-corrected chi connectivity index (χ3v) is 3.15. The van der Waals surface area contributed by atoms with Crippen molar-refractivity contribution < 1.29 is 13.2 Å². The Hall–Kier alpha value is -3.09. The minimum absolute atomic E-state index is 0.0258. The summed E-state index contributed by atoms with van der Waals surface area (Å²) in [6.07, 6.45) is 0. The topological polar surface area (TPSA) is 49.8 Å². The Morgan fingerprint density at radius 2 is 1.54 bits per heavy atom. The second kappa shape index (κ2) is 6.57. The summed E-state index contributed by atoms with van der Waals surface area (Å²) in [5.41, 5.74) is 0.735. The van der Waals surface area contributed by atoms with Crippen molar-refractivity contribution >= 4 is 23.1 Å². The zero-order valence-corrected chi connectivity index (χ0v) is 12.6. The number of rotatable bonds is 4. The third kappa shape index (κ3) is 3.62. The molecule has 0 bridgehead atoms. The summed E-state index contributed by atoms with van der Waals surface area (Å²) in [6, 6.07) is 11.0. The maximum absolute atomic E-state index is 13.7. The molecule has 0 fully saturated rings. The van der Waals surface area contributed by atoms with Crippen molar-refractivity contribution in [3.05, 3.63) is 71.7 Å². The van der Waals surface area contributed by atoms with Gasteiger partial charge >= 0.3 is 0 Å². The Labute approximate surface area is 136 Å². The second-order valence-electron chi connectivity index (χ2n) is 5.08. The molecule has 7 heteroatoms. The summed E-state index contributed by atoms with van der Waals surface area (Å²) in [4.78, 5) is 8.25. The monoisotopic (exact) mass is 330 g/mol. The van der Waals surface area contributed by atoms with E-state index in [1.54, 1.807) is 25.1 Å². The van der Waals surface area contributed by atoms with E-state index in [0.717, 1.165) is 12.1 Å². The van der Waals surface area contributed by atoms with Crippen molar-refractivity contribution in [3.8, 4) is 0 Å². The molecule has 122 valence electrons. The van der Waals surface area contributed by atoms with Crippen LogP contribution in [0.5, 0.6) is 0 Å². The summed E-state index contributed by atoms with van der Waals surface area (Å²) >= 11 is 0. The highest BCUT2D eigenvalue weighted by molar-refractivity contribution is 5.60. The molecule has 1 heterocycles. The maximum atomic E-state index is 13.7. The quantitative estimate of drug-likeness (QED) is 0.729. The standard InChI is InChI=1S/C17H13F3N4/c1-10-8-15(22-12-5-2-4-11(18)9-12)23-17(21-10)24-16-13(19)6-3-7-14(16)20/h2-9H,1H3,(H2,21,22,23,24). The third-order valence-electron chi connectivity index (χ3n) is 3.15. The molecule has 24 heavy (non-hydrogen) atoms. The minimum atomic E-state index is -0.750. The van der Waals surface area contributed by atoms with Gasteiger partial charge in [0.1, 0.15) is 29.0 Å². The van der Waals surface area contributed by atoms with Crippen LogP contribution in [0.3, 0.4) is 0 Å². The number of nitrogens with zero attached hydrogens (tertiary/aromatic N) is 2. The van der Waals surface area contributed by atoms with Gasteiger partial charge in [-0.05, 0) is 37.3 Å². The predicted molar refractivity (Wildman–Crippen MR) is 86.1 cm³/mol. The number of para-hydroxylation sites is 1. The van der Waals surface area contributed by atoms with Crippen LogP contribution in [-0.2, 0) is 0 Å². The summed E-state index contributed by atoms with van der Waals surface area (Å²) in [5.74, 6) is -1.50. The van der Waals surface area contributed by atoms with Gasteiger partial charge in [-0.15, -0.1) is 0 Å². The average molecular weight is 330 g/mol. The Morgan fingerprint density at radius 1 is 0.833 bits per heavy atom. The molecule has 0 spiro atoms. The van der Waals surface area contributed by atoms with Crippen molar-refractivity contribution in [1.29, 1.82) is 0 Å². The molecule has 0 aliphatic heterocycles. The summed E-state index contributed by atoms with van der Waals surface area (Å²) in [7, 11) is 0. The van der Waals surface area contributed by atoms with Gasteiger partial charge in [-0.1, -0.05) is 12.1 Å². The molecule has 2 N–H and O–H groups in total. The Bertz CT molecular complexity index is 863. The van der Waals surface area contributed by atoms with E-state index in [-0.39, 0.29) is 11.6 Å². The number of hydrogen-bond acceptors (Lipinski definition) is 4. The van der Waals surface area contributed by atoms with Crippen LogP contribution in [0.25, 0.3) is 0 Å². The smallest absolute Gasteiger partial charge is 0.229 e. The van der Waals surface area contributed by atoms with Crippen LogP contribution in [-0.4, -0.2) is 9.97 Å². The number of aryl methyl sites for hydroxylation is 1. The number of hydrogen-bond donors (Lipinski definition) is 2. The molecule has 4 nitrogen and oxygen atoms in total. The van der Waals surface area contributed by atoms with Gasteiger partial charge in [0.2, 0.25) is 5.95 Å². The Morgan fingerprint density at radius 3 is 2.25 bits per heavy atom. The van der Waals surface area contributed by atoms with Crippen LogP contribution in [0.2, 0.25) is 0 Å². The first kappa shape index (κ1) is 15.8. The fourth-order valence-corrected chi connectivity index (χ4v) is 2.13. The van der Waals surface area contributed by atoms with E-state index in [2.05, 4.69) is 20.6 Å². The molecular weight excluding hydrogens is 317 g/mol. The van der Waals surface area contributed by atoms with Crippen molar-refractivity contribution in [3.63, 3.8) is 0 Å². The molecule has 2 aromatic carbocycles. The number of benzene rings is 2. The number of halogens is 3. The van der Waals surface area contributed by atoms with Crippen molar-refractivity contribution in [2.45, 2.75) is 6.92 Å². The summed E-state index contributed by atoms with van der Waals surface area (Å²) < 4.78 is 40.7. The van der Waals surface area contributed by atoms with Crippen molar-refractivity contribution in [2.24, 2.45) is 0 Å². The highest BCUT2D eigenvalue weighted by atomic mass is 19.1. The van der Waals surface area contributed by atoms with Gasteiger partial charge in [-0.2, -0.15) is 4.98 Å². The molecule has 0 atom stereocenters. The average Bonchev–Trinajstić information content (AvgIpc) is 2.50. The lowest BCUT2D eigenvalue weighted by Crippen LogP contribution is -2.05. The number of nitrogens with one attached hydrogen (secondary N) is 2. The molecule has 0 aliphatic carbocycles. The fourth-order valence-electron chi connectivity index (χ4n) is 2.13. The Kier molecular flexibility index (Phi) is 4.33. The molecule has 1 aromatic heterocycles. The number of aromatic nitrogens is 2. The van der Waals surface area contributed by atoms with Crippen LogP contribution < -0.4 is 10.6 Å². The van der Waals surface area contributed by atoms with Gasteiger partial charge in [0, 0.05) is 17.4 Å². The van der Waals surface area contributed by atoms with Crippen LogP contribution in [0, 0.1) is 24.4 Å². The largest absolute Gasteiger partial charge is 0.340 e. The maximum Gasteiger partial charge on any atom is 0.229 e. The molecule has 0 saturated carbocycles. The lowest BCUT2D eigenvalue weighted by molar-refractivity contribution is 0.590. The van der Waals surface area contributed by atoms with Gasteiger partial charge in [0.15, 0.2) is 0 Å². The van der Waals surface area contributed by atoms with Crippen LogP contribution in [0.1, 0.15) is 5.69 Å². The zero-order valence-electron chi connectivity index (χ0n) is 12.6. The van der Waals surface area contributed by atoms with Crippen molar-refractivity contribution in [2.75, 3.05) is 10.6 Å². The fraction of sp³-hybridized carbons (Fsp3) is 0.0588. The molecule has 3 rings (SSSR count). The Balaban J connectivity index is 1.89. The lowest BCUT2D eigenvalue weighted by atomic mass is 10.3. The van der Waals surface area contributed by atoms with Crippen LogP contribution in [0.15, 0.2) is 48.5 Å². The molecule has 0 amide bonds. The number of anilines is 4. The van der Waals surface area contributed by atoms with E-state index in [9.17, 15) is 13.2 Å². The molecular formula is C17H13F3N4. The minimum Gasteiger partial charge on any atom is -0.340 e. The highest BCUT2D eigenvalue weighted by Gasteiger charge is 2.11. The first-order valence-electron chi connectivity index (χ1n) is 7.10. The SMILES string of the molecule is Cc1cc(Nc2cccc(F)c2)nc(Nc2c(F)cccc2F)n1. The molecule has 3 aromatic rings. The van der Waals surface area contributed by atoms with Crippen molar-refractivity contribution in [1.82, 2.24) is 9.97 Å². The summed E-state index contributed by atoms with van der Waals surface area (Å²) in [6.45, 7) is 1.71.